The van der Waals surface area contributed by atoms with Crippen molar-refractivity contribution in [3.63, 3.8) is 0 Å². The minimum absolute atomic E-state index is 0.0109. The maximum atomic E-state index is 13.5. The predicted octanol–water partition coefficient (Wildman–Crippen LogP) is 2.32. The molecule has 11 nitrogen and oxygen atoms in total. The Kier molecular flexibility index (Phi) is 7.53. The van der Waals surface area contributed by atoms with Crippen LogP contribution in [0.1, 0.15) is 20.8 Å². The summed E-state index contributed by atoms with van der Waals surface area (Å²) in [5.41, 5.74) is 14.5. The van der Waals surface area contributed by atoms with Gasteiger partial charge in [-0.05, 0) is 32.9 Å². The maximum absolute atomic E-state index is 13.5. The molecular weight excluding hydrogens is 522 g/mol. The topological polar surface area (TPSA) is 145 Å². The zero-order valence-electron chi connectivity index (χ0n) is 20.8. The van der Waals surface area contributed by atoms with Gasteiger partial charge in [-0.3, -0.25) is 4.79 Å². The van der Waals surface area contributed by atoms with E-state index < -0.39 is 29.7 Å². The number of ether oxygens (including phenoxy) is 3. The third-order valence-corrected chi connectivity index (χ3v) is 6.32. The van der Waals surface area contributed by atoms with Gasteiger partial charge in [0.15, 0.2) is 5.84 Å². The summed E-state index contributed by atoms with van der Waals surface area (Å²) >= 11 is 5.22. The molecule has 14 heteroatoms. The molecule has 38 heavy (non-hydrogen) atoms. The highest BCUT2D eigenvalue weighted by atomic mass is 32.1. The SMILES string of the molecule is CC1C(=O)NN=C2COc3cc(F)c(N)cc3N21.CCOC(=O)C(C)N1C(=S)COc2cc(F)c(N)cc21. The van der Waals surface area contributed by atoms with Crippen LogP contribution in [0.2, 0.25) is 0 Å². The lowest BCUT2D eigenvalue weighted by atomic mass is 10.1. The number of amides is 1. The number of hydrazone groups is 1. The van der Waals surface area contributed by atoms with Gasteiger partial charge in [-0.25, -0.2) is 19.0 Å². The molecule has 0 aromatic heterocycles. The van der Waals surface area contributed by atoms with Gasteiger partial charge in [0.1, 0.15) is 53.4 Å². The number of esters is 1. The number of nitrogens with two attached hydrogens (primary N) is 2. The van der Waals surface area contributed by atoms with Gasteiger partial charge < -0.3 is 35.5 Å². The quantitative estimate of drug-likeness (QED) is 0.297. The third kappa shape index (κ3) is 4.98. The first-order valence-corrected chi connectivity index (χ1v) is 12.0. The molecular formula is C24H26F2N6O5S. The average molecular weight is 549 g/mol. The molecule has 3 aliphatic rings. The Balaban J connectivity index is 0.000000178. The van der Waals surface area contributed by atoms with Gasteiger partial charge in [-0.1, -0.05) is 12.2 Å². The molecule has 202 valence electrons. The van der Waals surface area contributed by atoms with Crippen LogP contribution in [0.3, 0.4) is 0 Å². The van der Waals surface area contributed by atoms with E-state index in [4.69, 9.17) is 37.9 Å². The molecule has 3 aliphatic heterocycles. The van der Waals surface area contributed by atoms with Gasteiger partial charge in [0.05, 0.1) is 29.4 Å². The number of nitrogen functional groups attached to an aromatic ring is 2. The Morgan fingerprint density at radius 3 is 2.37 bits per heavy atom. The molecule has 0 bridgehead atoms. The van der Waals surface area contributed by atoms with Crippen molar-refractivity contribution in [3.8, 4) is 11.5 Å². The number of thiocarbonyl (C=S) groups is 1. The number of halogens is 2. The van der Waals surface area contributed by atoms with E-state index in [9.17, 15) is 18.4 Å². The number of benzene rings is 2. The molecule has 2 atom stereocenters. The Bertz CT molecular complexity index is 1340. The van der Waals surface area contributed by atoms with Crippen molar-refractivity contribution in [2.24, 2.45) is 5.10 Å². The summed E-state index contributed by atoms with van der Waals surface area (Å²) in [6.07, 6.45) is 0. The van der Waals surface area contributed by atoms with Gasteiger partial charge in [0.2, 0.25) is 0 Å². The number of amidine groups is 1. The number of hydrogen-bond acceptors (Lipinski definition) is 10. The molecule has 5 rings (SSSR count). The van der Waals surface area contributed by atoms with Crippen molar-refractivity contribution in [2.75, 3.05) is 41.1 Å². The van der Waals surface area contributed by atoms with Crippen molar-refractivity contribution in [3.05, 3.63) is 35.9 Å². The second kappa shape index (κ2) is 10.7. The Labute approximate surface area is 222 Å². The van der Waals surface area contributed by atoms with Gasteiger partial charge in [-0.2, -0.15) is 5.10 Å². The van der Waals surface area contributed by atoms with Crippen molar-refractivity contribution < 1.29 is 32.6 Å². The van der Waals surface area contributed by atoms with Crippen LogP contribution in [0.25, 0.3) is 0 Å². The Hall–Kier alpha value is -4.20. The van der Waals surface area contributed by atoms with Crippen LogP contribution in [-0.4, -0.2) is 54.6 Å². The van der Waals surface area contributed by atoms with E-state index in [0.717, 1.165) is 0 Å². The summed E-state index contributed by atoms with van der Waals surface area (Å²) < 4.78 is 42.6. The van der Waals surface area contributed by atoms with Crippen LogP contribution in [-0.2, 0) is 14.3 Å². The van der Waals surface area contributed by atoms with Crippen LogP contribution in [0.5, 0.6) is 11.5 Å². The van der Waals surface area contributed by atoms with E-state index in [0.29, 0.717) is 33.7 Å². The zero-order valence-corrected chi connectivity index (χ0v) is 21.6. The van der Waals surface area contributed by atoms with E-state index in [2.05, 4.69) is 10.5 Å². The lowest BCUT2D eigenvalue weighted by Crippen LogP contribution is -2.55. The number of fused-ring (bicyclic) bond motifs is 4. The highest BCUT2D eigenvalue weighted by molar-refractivity contribution is 7.80. The van der Waals surface area contributed by atoms with Crippen molar-refractivity contribution in [1.29, 1.82) is 0 Å². The lowest BCUT2D eigenvalue weighted by Gasteiger charge is -2.38. The van der Waals surface area contributed by atoms with Crippen LogP contribution < -0.4 is 36.2 Å². The third-order valence-electron chi connectivity index (χ3n) is 6.01. The second-order valence-electron chi connectivity index (χ2n) is 8.50. The van der Waals surface area contributed by atoms with E-state index in [-0.39, 0.29) is 37.1 Å². The van der Waals surface area contributed by atoms with Gasteiger partial charge in [0.25, 0.3) is 5.91 Å². The number of carbonyl (C=O) groups is 2. The van der Waals surface area contributed by atoms with Crippen molar-refractivity contribution >= 4 is 57.7 Å². The summed E-state index contributed by atoms with van der Waals surface area (Å²) in [7, 11) is 0. The van der Waals surface area contributed by atoms with Crippen LogP contribution in [0.4, 0.5) is 31.5 Å². The maximum Gasteiger partial charge on any atom is 0.328 e. The highest BCUT2D eigenvalue weighted by Gasteiger charge is 2.36. The second-order valence-corrected chi connectivity index (χ2v) is 8.97. The first kappa shape index (κ1) is 26.9. The van der Waals surface area contributed by atoms with Crippen LogP contribution in [0, 0.1) is 11.6 Å². The van der Waals surface area contributed by atoms with Gasteiger partial charge in [-0.15, -0.1) is 0 Å². The number of rotatable bonds is 3. The van der Waals surface area contributed by atoms with Crippen LogP contribution in [0.15, 0.2) is 29.4 Å². The number of nitrogens with zero attached hydrogens (tertiary/aromatic N) is 3. The number of hydrogen-bond donors (Lipinski definition) is 3. The number of anilines is 4. The molecule has 2 aromatic carbocycles. The smallest absolute Gasteiger partial charge is 0.328 e. The van der Waals surface area contributed by atoms with Gasteiger partial charge in [0, 0.05) is 12.1 Å². The minimum atomic E-state index is -0.630. The minimum Gasteiger partial charge on any atom is -0.484 e. The molecule has 0 aliphatic carbocycles. The molecule has 0 saturated carbocycles. The normalized spacial score (nSPS) is 18.2. The first-order valence-electron chi connectivity index (χ1n) is 11.6. The first-order chi connectivity index (χ1) is 18.0. The van der Waals surface area contributed by atoms with Crippen molar-refractivity contribution in [2.45, 2.75) is 32.9 Å². The molecule has 5 N–H and O–H groups in total. The van der Waals surface area contributed by atoms with Crippen molar-refractivity contribution in [1.82, 2.24) is 5.43 Å². The standard InChI is InChI=1S/C13H15FN2O3S.C11H11FN4O2/c1-3-18-13(17)7(2)16-10-5-9(15)8(14)4-11(10)19-6-12(16)20;1-5-11(17)15-14-10-4-18-9-2-6(12)7(13)3-8(9)16(5)10/h4-5,7H,3,6,15H2,1-2H3;2-3,5H,4,13H2,1H3,(H,15,17). The summed E-state index contributed by atoms with van der Waals surface area (Å²) in [5.74, 6) is -0.507. The van der Waals surface area contributed by atoms with E-state index >= 15 is 0 Å². The molecule has 0 saturated heterocycles. The fourth-order valence-corrected chi connectivity index (χ4v) is 4.38. The molecule has 1 amide bonds. The molecule has 0 radical (unpaired) electrons. The molecule has 3 heterocycles. The van der Waals surface area contributed by atoms with E-state index in [1.165, 1.54) is 24.3 Å². The molecule has 0 fully saturated rings. The molecule has 2 unspecified atom stereocenters. The van der Waals surface area contributed by atoms with Crippen LogP contribution >= 0.6 is 12.2 Å². The predicted molar refractivity (Wildman–Crippen MR) is 141 cm³/mol. The van der Waals surface area contributed by atoms with E-state index in [1.54, 1.807) is 30.6 Å². The Morgan fingerprint density at radius 1 is 1.16 bits per heavy atom. The highest BCUT2D eigenvalue weighted by Crippen LogP contribution is 2.38. The number of carbonyl (C=O) groups excluding carboxylic acids is 2. The monoisotopic (exact) mass is 548 g/mol. The van der Waals surface area contributed by atoms with E-state index in [1.807, 2.05) is 0 Å². The summed E-state index contributed by atoms with van der Waals surface area (Å²) in [5, 5.41) is 3.92. The summed E-state index contributed by atoms with van der Waals surface area (Å²) in [6, 6.07) is 4.21. The lowest BCUT2D eigenvalue weighted by molar-refractivity contribution is -0.144. The number of nitrogens with one attached hydrogen (secondary N) is 1. The molecule has 0 spiro atoms. The fourth-order valence-electron chi connectivity index (χ4n) is 4.06. The largest absolute Gasteiger partial charge is 0.484 e. The summed E-state index contributed by atoms with van der Waals surface area (Å²) in [4.78, 5) is 27.2. The zero-order chi connectivity index (χ0) is 27.7. The molecule has 2 aromatic rings. The average Bonchev–Trinajstić information content (AvgIpc) is 2.88. The fraction of sp³-hybridized carbons (Fsp3) is 0.333. The summed E-state index contributed by atoms with van der Waals surface area (Å²) in [6.45, 7) is 5.69. The van der Waals surface area contributed by atoms with Gasteiger partial charge >= 0.3 is 5.97 Å². The Morgan fingerprint density at radius 2 is 1.74 bits per heavy atom.